The second-order valence-electron chi connectivity index (χ2n) is 8.65. The van der Waals surface area contributed by atoms with E-state index in [1.165, 1.54) is 0 Å². The topological polar surface area (TPSA) is 49.4 Å². The van der Waals surface area contributed by atoms with Gasteiger partial charge in [-0.3, -0.25) is 9.59 Å². The number of amides is 2. The van der Waals surface area contributed by atoms with Crippen LogP contribution in [0.4, 0.5) is 0 Å². The molecule has 33 heavy (non-hydrogen) atoms. The predicted molar refractivity (Wildman–Crippen MR) is 134 cm³/mol. The summed E-state index contributed by atoms with van der Waals surface area (Å²) in [6.07, 6.45) is 0.737. The first-order valence-electron chi connectivity index (χ1n) is 11.6. The average molecular weight is 443 g/mol. The Labute approximate surface area is 197 Å². The summed E-state index contributed by atoms with van der Waals surface area (Å²) < 4.78 is 0. The minimum absolute atomic E-state index is 0.0425. The van der Waals surface area contributed by atoms with Gasteiger partial charge in [0.2, 0.25) is 11.8 Å². The summed E-state index contributed by atoms with van der Waals surface area (Å²) in [5.41, 5.74) is 6.40. The molecule has 1 atom stereocenters. The van der Waals surface area contributed by atoms with Crippen molar-refractivity contribution in [1.82, 2.24) is 10.2 Å². The fraction of sp³-hybridized carbons (Fsp3) is 0.310. The molecule has 0 spiro atoms. The number of likely N-dealkylation sites (N-methyl/N-ethyl adjacent to an activating group) is 1. The molecule has 0 saturated carbocycles. The van der Waals surface area contributed by atoms with Crippen molar-refractivity contribution in [2.24, 2.45) is 0 Å². The maximum absolute atomic E-state index is 13.8. The lowest BCUT2D eigenvalue weighted by atomic mass is 9.98. The van der Waals surface area contributed by atoms with Gasteiger partial charge in [0.05, 0.1) is 6.42 Å². The Balaban J connectivity index is 1.99. The molecule has 1 N–H and O–H groups in total. The highest BCUT2D eigenvalue weighted by molar-refractivity contribution is 5.89. The fourth-order valence-electron chi connectivity index (χ4n) is 4.07. The summed E-state index contributed by atoms with van der Waals surface area (Å²) in [7, 11) is 0. The molecule has 0 aromatic heterocycles. The summed E-state index contributed by atoms with van der Waals surface area (Å²) in [6, 6.07) is 23.5. The molecule has 0 unspecified atom stereocenters. The van der Waals surface area contributed by atoms with E-state index in [2.05, 4.69) is 23.5 Å². The number of carbonyl (C=O) groups is 2. The number of nitrogens with zero attached hydrogens (tertiary/aromatic N) is 1. The molecule has 3 aromatic carbocycles. The first kappa shape index (κ1) is 24.2. The van der Waals surface area contributed by atoms with E-state index >= 15 is 0 Å². The van der Waals surface area contributed by atoms with Gasteiger partial charge in [0.15, 0.2) is 0 Å². The van der Waals surface area contributed by atoms with E-state index in [9.17, 15) is 9.59 Å². The number of carbonyl (C=O) groups excluding carboxylic acids is 2. The van der Waals surface area contributed by atoms with Crippen LogP contribution in [0.15, 0.2) is 72.8 Å². The minimum atomic E-state index is -0.593. The van der Waals surface area contributed by atoms with Crippen LogP contribution >= 0.6 is 0 Å². The van der Waals surface area contributed by atoms with Crippen LogP contribution < -0.4 is 5.32 Å². The zero-order valence-electron chi connectivity index (χ0n) is 20.1. The van der Waals surface area contributed by atoms with Gasteiger partial charge in [-0.15, -0.1) is 0 Å². The fourth-order valence-corrected chi connectivity index (χ4v) is 4.07. The molecular weight excluding hydrogens is 408 g/mol. The second kappa shape index (κ2) is 11.5. The first-order valence-corrected chi connectivity index (χ1v) is 11.6. The zero-order chi connectivity index (χ0) is 23.8. The van der Waals surface area contributed by atoms with Crippen molar-refractivity contribution < 1.29 is 9.59 Å². The lowest BCUT2D eigenvalue weighted by molar-refractivity contribution is -0.140. The maximum atomic E-state index is 13.8. The number of benzene rings is 3. The highest BCUT2D eigenvalue weighted by Crippen LogP contribution is 2.20. The standard InChI is InChI=1S/C29H34N2O2/c1-5-30-29(33)27(18-24-12-7-6-8-13-24)31(20-25-14-10-9-11-22(25)3)28(32)19-26-17-21(2)15-16-23(26)4/h6-17,27H,5,18-20H2,1-4H3,(H,30,33)/t27-/m1/s1. The molecular formula is C29H34N2O2. The Bertz CT molecular complexity index is 1090. The Morgan fingerprint density at radius 3 is 2.21 bits per heavy atom. The monoisotopic (exact) mass is 442 g/mol. The number of rotatable bonds is 9. The zero-order valence-corrected chi connectivity index (χ0v) is 20.1. The maximum Gasteiger partial charge on any atom is 0.243 e. The van der Waals surface area contributed by atoms with Crippen LogP contribution in [-0.2, 0) is 29.0 Å². The predicted octanol–water partition coefficient (Wildman–Crippen LogP) is 4.93. The number of hydrogen-bond acceptors (Lipinski definition) is 2. The van der Waals surface area contributed by atoms with Gasteiger partial charge in [0.25, 0.3) is 0 Å². The molecule has 2 amide bonds. The lowest BCUT2D eigenvalue weighted by Crippen LogP contribution is -2.51. The third-order valence-electron chi connectivity index (χ3n) is 6.07. The molecule has 0 aliphatic rings. The van der Waals surface area contributed by atoms with Crippen molar-refractivity contribution in [3.8, 4) is 0 Å². The molecule has 3 aromatic rings. The highest BCUT2D eigenvalue weighted by Gasteiger charge is 2.30. The van der Waals surface area contributed by atoms with Crippen LogP contribution in [0.1, 0.15) is 40.3 Å². The highest BCUT2D eigenvalue weighted by atomic mass is 16.2. The Morgan fingerprint density at radius 1 is 0.848 bits per heavy atom. The van der Waals surface area contributed by atoms with Crippen LogP contribution in [0, 0.1) is 20.8 Å². The van der Waals surface area contributed by atoms with Gasteiger partial charge in [-0.05, 0) is 55.5 Å². The number of nitrogens with one attached hydrogen (secondary N) is 1. The Kier molecular flexibility index (Phi) is 8.42. The minimum Gasteiger partial charge on any atom is -0.355 e. The van der Waals surface area contributed by atoms with Crippen molar-refractivity contribution in [3.05, 3.63) is 106 Å². The van der Waals surface area contributed by atoms with E-state index in [4.69, 9.17) is 0 Å². The molecule has 172 valence electrons. The van der Waals surface area contributed by atoms with E-state index in [0.29, 0.717) is 19.5 Å². The largest absolute Gasteiger partial charge is 0.355 e. The van der Waals surface area contributed by atoms with Crippen molar-refractivity contribution in [2.45, 2.75) is 53.1 Å². The van der Waals surface area contributed by atoms with Crippen LogP contribution in [0.25, 0.3) is 0 Å². The van der Waals surface area contributed by atoms with Crippen molar-refractivity contribution in [3.63, 3.8) is 0 Å². The summed E-state index contributed by atoms with van der Waals surface area (Å²) >= 11 is 0. The van der Waals surface area contributed by atoms with Gasteiger partial charge < -0.3 is 10.2 Å². The van der Waals surface area contributed by atoms with E-state index in [1.807, 2.05) is 82.3 Å². The van der Waals surface area contributed by atoms with Gasteiger partial charge in [-0.25, -0.2) is 0 Å². The molecule has 0 aliphatic carbocycles. The molecule has 0 heterocycles. The smallest absolute Gasteiger partial charge is 0.243 e. The summed E-state index contributed by atoms with van der Waals surface area (Å²) in [5, 5.41) is 2.95. The molecule has 0 radical (unpaired) electrons. The molecule has 4 heteroatoms. The average Bonchev–Trinajstić information content (AvgIpc) is 2.80. The van der Waals surface area contributed by atoms with Gasteiger partial charge in [0.1, 0.15) is 6.04 Å². The third-order valence-corrected chi connectivity index (χ3v) is 6.07. The van der Waals surface area contributed by atoms with Crippen molar-refractivity contribution >= 4 is 11.8 Å². The van der Waals surface area contributed by atoms with Gasteiger partial charge in [-0.2, -0.15) is 0 Å². The Hall–Kier alpha value is -3.40. The van der Waals surface area contributed by atoms with Crippen LogP contribution in [-0.4, -0.2) is 29.3 Å². The van der Waals surface area contributed by atoms with E-state index in [-0.39, 0.29) is 18.2 Å². The number of aryl methyl sites for hydroxylation is 3. The summed E-state index contributed by atoms with van der Waals surface area (Å²) in [4.78, 5) is 28.8. The second-order valence-corrected chi connectivity index (χ2v) is 8.65. The van der Waals surface area contributed by atoms with Gasteiger partial charge in [-0.1, -0.05) is 78.4 Å². The lowest BCUT2D eigenvalue weighted by Gasteiger charge is -2.32. The summed E-state index contributed by atoms with van der Waals surface area (Å²) in [5.74, 6) is -0.164. The van der Waals surface area contributed by atoms with Gasteiger partial charge >= 0.3 is 0 Å². The van der Waals surface area contributed by atoms with Crippen LogP contribution in [0.5, 0.6) is 0 Å². The molecule has 0 saturated heterocycles. The van der Waals surface area contributed by atoms with Crippen molar-refractivity contribution in [1.29, 1.82) is 0 Å². The van der Waals surface area contributed by atoms with Crippen LogP contribution in [0.3, 0.4) is 0 Å². The SMILES string of the molecule is CCNC(=O)[C@@H](Cc1ccccc1)N(Cc1ccccc1C)C(=O)Cc1cc(C)ccc1C. The Morgan fingerprint density at radius 2 is 1.52 bits per heavy atom. The molecule has 4 nitrogen and oxygen atoms in total. The molecule has 3 rings (SSSR count). The van der Waals surface area contributed by atoms with E-state index in [1.54, 1.807) is 4.90 Å². The third kappa shape index (κ3) is 6.55. The van der Waals surface area contributed by atoms with Crippen LogP contribution in [0.2, 0.25) is 0 Å². The van der Waals surface area contributed by atoms with E-state index in [0.717, 1.165) is 33.4 Å². The number of hydrogen-bond donors (Lipinski definition) is 1. The first-order chi connectivity index (χ1) is 15.9. The molecule has 0 bridgehead atoms. The van der Waals surface area contributed by atoms with E-state index < -0.39 is 6.04 Å². The van der Waals surface area contributed by atoms with Gasteiger partial charge in [0, 0.05) is 19.5 Å². The summed E-state index contributed by atoms with van der Waals surface area (Å²) in [6.45, 7) is 8.92. The molecule has 0 aliphatic heterocycles. The molecule has 0 fully saturated rings. The van der Waals surface area contributed by atoms with Crippen molar-refractivity contribution in [2.75, 3.05) is 6.54 Å². The quantitative estimate of drug-likeness (QED) is 0.511. The normalized spacial score (nSPS) is 11.6.